The van der Waals surface area contributed by atoms with Gasteiger partial charge in [0.15, 0.2) is 23.9 Å². The largest absolute Gasteiger partial charge is 0.476 e. The highest BCUT2D eigenvalue weighted by atomic mass is 35.5. The monoisotopic (exact) mass is 631 g/mol. The van der Waals surface area contributed by atoms with Crippen LogP contribution in [-0.2, 0) is 54.1 Å². The molecule has 2 aliphatic rings. The second kappa shape index (κ2) is 13.2. The molecule has 3 unspecified atom stereocenters. The molecule has 0 spiro atoms. The van der Waals surface area contributed by atoms with E-state index in [-0.39, 0.29) is 12.5 Å². The van der Waals surface area contributed by atoms with E-state index in [9.17, 15) is 24.0 Å². The van der Waals surface area contributed by atoms with Crippen molar-refractivity contribution >= 4 is 47.1 Å². The van der Waals surface area contributed by atoms with E-state index in [1.54, 1.807) is 44.2 Å². The Kier molecular flexibility index (Phi) is 9.85. The van der Waals surface area contributed by atoms with E-state index < -0.39 is 60.0 Å². The van der Waals surface area contributed by atoms with Crippen molar-refractivity contribution in [3.63, 3.8) is 0 Å². The van der Waals surface area contributed by atoms with Crippen LogP contribution in [0.2, 0.25) is 5.02 Å². The maximum atomic E-state index is 12.4. The molecule has 1 saturated heterocycles. The number of anilines is 1. The molecular formula is C31H34ClNO11. The fourth-order valence-corrected chi connectivity index (χ4v) is 5.28. The first-order chi connectivity index (χ1) is 20.6. The van der Waals surface area contributed by atoms with Crippen LogP contribution < -0.4 is 10.1 Å². The highest BCUT2D eigenvalue weighted by molar-refractivity contribution is 6.31. The summed E-state index contributed by atoms with van der Waals surface area (Å²) in [4.78, 5) is 60.5. The second-order valence-electron chi connectivity index (χ2n) is 11.0. The van der Waals surface area contributed by atoms with E-state index in [1.165, 1.54) is 13.8 Å². The molecule has 1 N–H and O–H groups in total. The van der Waals surface area contributed by atoms with Crippen LogP contribution in [-0.4, -0.2) is 66.4 Å². The third-order valence-electron chi connectivity index (χ3n) is 6.99. The number of amides is 1. The highest BCUT2D eigenvalue weighted by Gasteiger charge is 2.52. The molecule has 2 aliphatic heterocycles. The summed E-state index contributed by atoms with van der Waals surface area (Å²) in [6, 6.07) is 10.5. The lowest BCUT2D eigenvalue weighted by atomic mass is 9.89. The lowest BCUT2D eigenvalue weighted by molar-refractivity contribution is -0.254. The molecule has 0 aliphatic carbocycles. The molecule has 0 radical (unpaired) electrons. The van der Waals surface area contributed by atoms with Crippen molar-refractivity contribution in [2.75, 3.05) is 11.9 Å². The van der Waals surface area contributed by atoms with E-state index in [1.807, 2.05) is 6.07 Å². The van der Waals surface area contributed by atoms with Crippen LogP contribution in [0.25, 0.3) is 0 Å². The van der Waals surface area contributed by atoms with Gasteiger partial charge in [0, 0.05) is 32.7 Å². The molecule has 2 heterocycles. The van der Waals surface area contributed by atoms with Crippen molar-refractivity contribution in [1.82, 2.24) is 0 Å². The Morgan fingerprint density at radius 2 is 1.50 bits per heavy atom. The SMILES string of the molecule is CC(=O)OCC1OC(c2ccc(Cl)c(Cc3ccc4c(c3)NC(=O)C(C)(C)O4)c2)[C@H](OC(C)=O)C(OC(C)=O)[C@@H]1OC(C)=O. The van der Waals surface area contributed by atoms with Crippen LogP contribution in [0.5, 0.6) is 5.75 Å². The Balaban J connectivity index is 1.72. The van der Waals surface area contributed by atoms with Gasteiger partial charge in [0.25, 0.3) is 5.91 Å². The third kappa shape index (κ3) is 7.67. The molecule has 44 heavy (non-hydrogen) atoms. The zero-order chi connectivity index (χ0) is 32.3. The molecule has 2 aromatic carbocycles. The number of fused-ring (bicyclic) bond motifs is 1. The van der Waals surface area contributed by atoms with Crippen molar-refractivity contribution < 1.29 is 52.4 Å². The van der Waals surface area contributed by atoms with Gasteiger partial charge in [0.2, 0.25) is 0 Å². The minimum atomic E-state index is -1.30. The lowest BCUT2D eigenvalue weighted by Gasteiger charge is -2.44. The quantitative estimate of drug-likeness (QED) is 0.334. The highest BCUT2D eigenvalue weighted by Crippen LogP contribution is 2.40. The van der Waals surface area contributed by atoms with Gasteiger partial charge in [-0.3, -0.25) is 24.0 Å². The molecule has 1 fully saturated rings. The number of hydrogen-bond acceptors (Lipinski definition) is 11. The Labute approximate surface area is 259 Å². The predicted octanol–water partition coefficient (Wildman–Crippen LogP) is 3.84. The van der Waals surface area contributed by atoms with Gasteiger partial charge in [-0.1, -0.05) is 29.8 Å². The fourth-order valence-electron chi connectivity index (χ4n) is 5.09. The Bertz CT molecular complexity index is 1470. The smallest absolute Gasteiger partial charge is 0.303 e. The number of ether oxygens (including phenoxy) is 6. The van der Waals surface area contributed by atoms with Gasteiger partial charge in [-0.05, 0) is 55.2 Å². The van der Waals surface area contributed by atoms with E-state index in [0.717, 1.165) is 19.4 Å². The van der Waals surface area contributed by atoms with E-state index in [0.29, 0.717) is 34.0 Å². The summed E-state index contributed by atoms with van der Waals surface area (Å²) >= 11 is 6.60. The second-order valence-corrected chi connectivity index (χ2v) is 11.5. The number of benzene rings is 2. The van der Waals surface area contributed by atoms with Gasteiger partial charge < -0.3 is 33.7 Å². The average Bonchev–Trinajstić information content (AvgIpc) is 2.91. The van der Waals surface area contributed by atoms with Crippen LogP contribution in [0.15, 0.2) is 36.4 Å². The van der Waals surface area contributed by atoms with Gasteiger partial charge >= 0.3 is 23.9 Å². The van der Waals surface area contributed by atoms with E-state index in [4.69, 9.17) is 40.0 Å². The fraction of sp³-hybridized carbons (Fsp3) is 0.452. The first-order valence-corrected chi connectivity index (χ1v) is 14.2. The molecule has 13 heteroatoms. The Morgan fingerprint density at radius 1 is 0.864 bits per heavy atom. The number of carbonyl (C=O) groups excluding carboxylic acids is 5. The number of esters is 4. The molecule has 0 saturated carbocycles. The average molecular weight is 632 g/mol. The summed E-state index contributed by atoms with van der Waals surface area (Å²) in [7, 11) is 0. The van der Waals surface area contributed by atoms with Gasteiger partial charge in [0.1, 0.15) is 24.6 Å². The number of nitrogens with one attached hydrogen (secondary N) is 1. The first kappa shape index (κ1) is 32.7. The molecular weight excluding hydrogens is 598 g/mol. The molecule has 12 nitrogen and oxygen atoms in total. The molecule has 4 rings (SSSR count). The van der Waals surface area contributed by atoms with Crippen LogP contribution in [0.3, 0.4) is 0 Å². The van der Waals surface area contributed by atoms with Gasteiger partial charge in [0.05, 0.1) is 5.69 Å². The standard InChI is InChI=1S/C31H34ClNO11/c1-15(34)39-14-25-27(40-16(2)35)29(42-18(4)37)28(41-17(3)36)26(43-25)20-8-9-22(32)21(13-20)11-19-7-10-24-23(12-19)33-30(38)31(5,6)44-24/h7-10,12-13,25-29H,11,14H2,1-6H3,(H,33,38)/t25?,26?,27-,28+,29?/m1/s1. The summed E-state index contributed by atoms with van der Waals surface area (Å²) in [5, 5.41) is 3.29. The van der Waals surface area contributed by atoms with Crippen LogP contribution >= 0.6 is 11.6 Å². The molecule has 0 aromatic heterocycles. The minimum absolute atomic E-state index is 0.272. The van der Waals surface area contributed by atoms with Crippen molar-refractivity contribution in [3.8, 4) is 5.75 Å². The number of carbonyl (C=O) groups is 5. The molecule has 0 bridgehead atoms. The topological polar surface area (TPSA) is 153 Å². The van der Waals surface area contributed by atoms with Gasteiger partial charge in [-0.2, -0.15) is 0 Å². The van der Waals surface area contributed by atoms with Gasteiger partial charge in [-0.15, -0.1) is 0 Å². The first-order valence-electron chi connectivity index (χ1n) is 13.9. The van der Waals surface area contributed by atoms with Crippen molar-refractivity contribution in [1.29, 1.82) is 0 Å². The van der Waals surface area contributed by atoms with Crippen molar-refractivity contribution in [2.45, 2.75) is 84.1 Å². The zero-order valence-corrected chi connectivity index (χ0v) is 25.9. The van der Waals surface area contributed by atoms with Crippen LogP contribution in [0.4, 0.5) is 5.69 Å². The molecule has 2 aromatic rings. The summed E-state index contributed by atoms with van der Waals surface area (Å²) in [5.74, 6) is -2.48. The lowest BCUT2D eigenvalue weighted by Crippen LogP contribution is -2.59. The van der Waals surface area contributed by atoms with E-state index in [2.05, 4.69) is 5.32 Å². The maximum Gasteiger partial charge on any atom is 0.303 e. The third-order valence-corrected chi connectivity index (χ3v) is 7.36. The molecule has 236 valence electrons. The minimum Gasteiger partial charge on any atom is -0.476 e. The van der Waals surface area contributed by atoms with Crippen LogP contribution in [0.1, 0.15) is 64.3 Å². The Morgan fingerprint density at radius 3 is 2.14 bits per heavy atom. The number of halogens is 1. The normalized spacial score (nSPS) is 23.7. The van der Waals surface area contributed by atoms with Crippen LogP contribution in [0, 0.1) is 0 Å². The predicted molar refractivity (Wildman–Crippen MR) is 155 cm³/mol. The molecule has 5 atom stereocenters. The summed E-state index contributed by atoms with van der Waals surface area (Å²) in [5.41, 5.74) is 1.50. The van der Waals surface area contributed by atoms with Crippen molar-refractivity contribution in [3.05, 3.63) is 58.1 Å². The summed E-state index contributed by atoms with van der Waals surface area (Å²) in [6.07, 6.45) is -5.61. The Hall–Kier alpha value is -4.16. The molecule has 1 amide bonds. The number of hydrogen-bond donors (Lipinski definition) is 1. The zero-order valence-electron chi connectivity index (χ0n) is 25.1. The van der Waals surface area contributed by atoms with Gasteiger partial charge in [-0.25, -0.2) is 0 Å². The maximum absolute atomic E-state index is 12.4. The number of rotatable bonds is 8. The summed E-state index contributed by atoms with van der Waals surface area (Å²) in [6.45, 7) is 7.72. The van der Waals surface area contributed by atoms with Crippen molar-refractivity contribution in [2.24, 2.45) is 0 Å². The summed E-state index contributed by atoms with van der Waals surface area (Å²) < 4.78 is 33.9. The van der Waals surface area contributed by atoms with E-state index >= 15 is 0 Å².